The average Bonchev–Trinajstić information content (AvgIpc) is 3.17. The fourth-order valence-electron chi connectivity index (χ4n) is 3.28. The molecule has 148 valence electrons. The van der Waals surface area contributed by atoms with E-state index in [0.29, 0.717) is 29.8 Å². The van der Waals surface area contributed by atoms with Crippen LogP contribution in [0.3, 0.4) is 0 Å². The van der Waals surface area contributed by atoms with Gasteiger partial charge in [0.25, 0.3) is 5.91 Å². The van der Waals surface area contributed by atoms with Crippen LogP contribution in [0.15, 0.2) is 35.7 Å². The van der Waals surface area contributed by atoms with Crippen LogP contribution in [0.2, 0.25) is 0 Å². The molecular formula is C20H18F3NO3S. The van der Waals surface area contributed by atoms with Crippen LogP contribution in [0.1, 0.15) is 55.7 Å². The van der Waals surface area contributed by atoms with Gasteiger partial charge in [0.15, 0.2) is 11.6 Å². The molecule has 3 rings (SSSR count). The summed E-state index contributed by atoms with van der Waals surface area (Å²) in [5.41, 5.74) is -0.469. The van der Waals surface area contributed by atoms with Crippen LogP contribution in [0, 0.1) is 5.92 Å². The zero-order valence-electron chi connectivity index (χ0n) is 15.1. The third kappa shape index (κ3) is 4.32. The minimum atomic E-state index is -4.52. The van der Waals surface area contributed by atoms with E-state index in [2.05, 4.69) is 0 Å². The van der Waals surface area contributed by atoms with Crippen molar-refractivity contribution in [1.82, 2.24) is 4.90 Å². The highest BCUT2D eigenvalue weighted by molar-refractivity contribution is 7.12. The van der Waals surface area contributed by atoms with Crippen LogP contribution in [0.25, 0.3) is 0 Å². The van der Waals surface area contributed by atoms with Gasteiger partial charge in [0.05, 0.1) is 16.0 Å². The molecule has 0 bridgehead atoms. The van der Waals surface area contributed by atoms with Gasteiger partial charge in [-0.05, 0) is 38.0 Å². The van der Waals surface area contributed by atoms with Gasteiger partial charge in [0, 0.05) is 30.0 Å². The van der Waals surface area contributed by atoms with Crippen molar-refractivity contribution >= 4 is 28.8 Å². The van der Waals surface area contributed by atoms with Crippen molar-refractivity contribution in [1.29, 1.82) is 0 Å². The number of nitrogens with zero attached hydrogens (tertiary/aromatic N) is 1. The van der Waals surface area contributed by atoms with Gasteiger partial charge in [-0.25, -0.2) is 0 Å². The Morgan fingerprint density at radius 3 is 2.54 bits per heavy atom. The maximum absolute atomic E-state index is 12.9. The second-order valence-corrected chi connectivity index (χ2v) is 7.70. The Morgan fingerprint density at radius 1 is 1.14 bits per heavy atom. The highest BCUT2D eigenvalue weighted by Crippen LogP contribution is 2.31. The number of alkyl halides is 3. The van der Waals surface area contributed by atoms with Crippen LogP contribution in [-0.4, -0.2) is 35.5 Å². The molecule has 0 spiro atoms. The molecule has 0 N–H and O–H groups in total. The van der Waals surface area contributed by atoms with E-state index < -0.39 is 23.4 Å². The molecule has 1 aliphatic rings. The number of benzene rings is 1. The number of likely N-dealkylation sites (tertiary alicyclic amines) is 1. The monoisotopic (exact) mass is 409 g/mol. The lowest BCUT2D eigenvalue weighted by Gasteiger charge is -2.32. The van der Waals surface area contributed by atoms with Gasteiger partial charge in [-0.3, -0.25) is 14.4 Å². The van der Waals surface area contributed by atoms with Crippen molar-refractivity contribution in [2.75, 3.05) is 13.1 Å². The third-order valence-electron chi connectivity index (χ3n) is 4.75. The quantitative estimate of drug-likeness (QED) is 0.688. The number of thiophene rings is 1. The first-order valence-corrected chi connectivity index (χ1v) is 9.65. The summed E-state index contributed by atoms with van der Waals surface area (Å²) in [6.07, 6.45) is -3.41. The maximum atomic E-state index is 12.9. The van der Waals surface area contributed by atoms with Crippen LogP contribution in [0.4, 0.5) is 13.2 Å². The van der Waals surface area contributed by atoms with Gasteiger partial charge in [-0.1, -0.05) is 12.1 Å². The fraction of sp³-hybridized carbons (Fsp3) is 0.350. The molecule has 1 aromatic carbocycles. The zero-order chi connectivity index (χ0) is 20.5. The van der Waals surface area contributed by atoms with Crippen molar-refractivity contribution < 1.29 is 27.6 Å². The van der Waals surface area contributed by atoms with E-state index in [-0.39, 0.29) is 23.8 Å². The highest BCUT2D eigenvalue weighted by atomic mass is 32.1. The van der Waals surface area contributed by atoms with Gasteiger partial charge in [0.1, 0.15) is 0 Å². The fourth-order valence-corrected chi connectivity index (χ4v) is 4.06. The Bertz CT molecular complexity index is 919. The number of ketones is 2. The van der Waals surface area contributed by atoms with Gasteiger partial charge in [0.2, 0.25) is 0 Å². The molecule has 1 aliphatic heterocycles. The summed E-state index contributed by atoms with van der Waals surface area (Å²) in [4.78, 5) is 38.8. The Labute approximate surface area is 164 Å². The van der Waals surface area contributed by atoms with Crippen LogP contribution in [-0.2, 0) is 6.18 Å². The Hall–Kier alpha value is -2.48. The number of Topliss-reactive ketones (excluding diaryl/α,β-unsaturated/α-hetero) is 2. The molecule has 2 heterocycles. The third-order valence-corrected chi connectivity index (χ3v) is 5.78. The van der Waals surface area contributed by atoms with Crippen molar-refractivity contribution in [3.8, 4) is 0 Å². The molecule has 28 heavy (non-hydrogen) atoms. The molecule has 1 fully saturated rings. The topological polar surface area (TPSA) is 54.5 Å². The predicted octanol–water partition coefficient (Wildman–Crippen LogP) is 4.70. The predicted molar refractivity (Wildman–Crippen MR) is 98.7 cm³/mol. The summed E-state index contributed by atoms with van der Waals surface area (Å²) in [6, 6.07) is 5.91. The minimum Gasteiger partial charge on any atom is -0.338 e. The lowest BCUT2D eigenvalue weighted by atomic mass is 9.89. The van der Waals surface area contributed by atoms with Crippen LogP contribution in [0.5, 0.6) is 0 Å². The normalized spacial score (nSPS) is 17.4. The number of piperidine rings is 1. The van der Waals surface area contributed by atoms with Crippen molar-refractivity contribution in [2.45, 2.75) is 25.9 Å². The summed E-state index contributed by atoms with van der Waals surface area (Å²) in [5, 5.41) is 1.61. The van der Waals surface area contributed by atoms with E-state index in [9.17, 15) is 27.6 Å². The Morgan fingerprint density at radius 2 is 1.89 bits per heavy atom. The van der Waals surface area contributed by atoms with Crippen molar-refractivity contribution in [3.05, 3.63) is 57.3 Å². The molecule has 8 heteroatoms. The number of halogens is 3. The first-order chi connectivity index (χ1) is 13.2. The van der Waals surface area contributed by atoms with E-state index in [1.165, 1.54) is 41.4 Å². The van der Waals surface area contributed by atoms with Gasteiger partial charge >= 0.3 is 6.18 Å². The number of carbonyl (C=O) groups is 3. The molecule has 1 aromatic heterocycles. The van der Waals surface area contributed by atoms with Crippen LogP contribution >= 0.6 is 11.3 Å². The Balaban J connectivity index is 1.74. The average molecular weight is 409 g/mol. The molecule has 1 atom stereocenters. The highest BCUT2D eigenvalue weighted by Gasteiger charge is 2.33. The van der Waals surface area contributed by atoms with Crippen molar-refractivity contribution in [2.24, 2.45) is 5.92 Å². The minimum absolute atomic E-state index is 0.00326. The SMILES string of the molecule is CC(=O)c1cc(C(=O)N2CCC[C@H](C(=O)c3cccc(C(F)(F)F)c3)C2)cs1. The second kappa shape index (κ2) is 7.87. The van der Waals surface area contributed by atoms with Crippen molar-refractivity contribution in [3.63, 3.8) is 0 Å². The molecule has 4 nitrogen and oxygen atoms in total. The first kappa shape index (κ1) is 20.3. The van der Waals surface area contributed by atoms with E-state index in [1.807, 2.05) is 0 Å². The Kier molecular flexibility index (Phi) is 5.69. The molecule has 0 saturated carbocycles. The van der Waals surface area contributed by atoms with Gasteiger partial charge in [-0.2, -0.15) is 13.2 Å². The molecule has 0 aliphatic carbocycles. The summed E-state index contributed by atoms with van der Waals surface area (Å²) in [6.45, 7) is 2.04. The largest absolute Gasteiger partial charge is 0.416 e. The van der Waals surface area contributed by atoms with E-state index >= 15 is 0 Å². The second-order valence-electron chi connectivity index (χ2n) is 6.79. The van der Waals surface area contributed by atoms with E-state index in [1.54, 1.807) is 5.38 Å². The standard InChI is InChI=1S/C20H18F3NO3S/c1-12(25)17-9-15(11-28-17)19(27)24-7-3-5-14(10-24)18(26)13-4-2-6-16(8-13)20(21,22)23/h2,4,6,8-9,11,14H,3,5,7,10H2,1H3/t14-/m0/s1. The molecule has 0 radical (unpaired) electrons. The summed E-state index contributed by atoms with van der Waals surface area (Å²) in [5.74, 6) is -1.34. The smallest absolute Gasteiger partial charge is 0.338 e. The number of amides is 1. The summed E-state index contributed by atoms with van der Waals surface area (Å²) in [7, 11) is 0. The van der Waals surface area contributed by atoms with Gasteiger partial charge < -0.3 is 4.90 Å². The number of hydrogen-bond donors (Lipinski definition) is 0. The lowest BCUT2D eigenvalue weighted by Crippen LogP contribution is -2.42. The molecule has 2 aromatic rings. The summed E-state index contributed by atoms with van der Waals surface area (Å²) >= 11 is 1.19. The zero-order valence-corrected chi connectivity index (χ0v) is 15.9. The first-order valence-electron chi connectivity index (χ1n) is 8.77. The lowest BCUT2D eigenvalue weighted by molar-refractivity contribution is -0.137. The van der Waals surface area contributed by atoms with Crippen LogP contribution < -0.4 is 0 Å². The molecule has 1 saturated heterocycles. The van der Waals surface area contributed by atoms with E-state index in [0.717, 1.165) is 12.1 Å². The molecule has 0 unspecified atom stereocenters. The number of carbonyl (C=O) groups excluding carboxylic acids is 3. The summed E-state index contributed by atoms with van der Waals surface area (Å²) < 4.78 is 38.7. The maximum Gasteiger partial charge on any atom is 0.416 e. The number of rotatable bonds is 4. The van der Waals surface area contributed by atoms with Gasteiger partial charge in [-0.15, -0.1) is 11.3 Å². The molecule has 1 amide bonds. The number of hydrogen-bond acceptors (Lipinski definition) is 4. The molecular weight excluding hydrogens is 391 g/mol. The van der Waals surface area contributed by atoms with E-state index in [4.69, 9.17) is 0 Å².